The van der Waals surface area contributed by atoms with Gasteiger partial charge in [-0.2, -0.15) is 0 Å². The number of benzene rings is 2. The molecule has 5 nitrogen and oxygen atoms in total. The predicted molar refractivity (Wildman–Crippen MR) is 149 cm³/mol. The van der Waals surface area contributed by atoms with Gasteiger partial charge in [-0.1, -0.05) is 38.0 Å². The van der Waals surface area contributed by atoms with Gasteiger partial charge in [0.05, 0.1) is 17.7 Å². The molecular weight excluding hydrogens is 466 g/mol. The van der Waals surface area contributed by atoms with Crippen molar-refractivity contribution in [3.8, 4) is 11.4 Å². The first-order valence-corrected chi connectivity index (χ1v) is 13.5. The zero-order chi connectivity index (χ0) is 25.2. The summed E-state index contributed by atoms with van der Waals surface area (Å²) >= 11 is 1.50. The van der Waals surface area contributed by atoms with Crippen LogP contribution in [0.1, 0.15) is 49.6 Å². The fourth-order valence-electron chi connectivity index (χ4n) is 5.35. The van der Waals surface area contributed by atoms with E-state index in [1.807, 2.05) is 53.4 Å². The zero-order valence-electron chi connectivity index (χ0n) is 21.4. The molecule has 0 radical (unpaired) electrons. The van der Waals surface area contributed by atoms with Gasteiger partial charge in [0.15, 0.2) is 5.17 Å². The van der Waals surface area contributed by atoms with Crippen LogP contribution in [-0.2, 0) is 4.79 Å². The van der Waals surface area contributed by atoms with E-state index in [-0.39, 0.29) is 11.9 Å². The standard InChI is InChI=1S/C30H33N3O2S/c1-20-10-8-9-13-27(20)33-29(34)28(36-30(33)31-24-11-6-5-7-12-24)19-23-18-21(2)32(22(23)3)25-14-16-26(35-4)17-15-25/h5-7,11-12,14-20,27H,8-10,13H2,1-4H3/b28-19-,31-30?/t20-,27-/m0/s1. The van der Waals surface area contributed by atoms with Crippen molar-refractivity contribution < 1.29 is 9.53 Å². The minimum Gasteiger partial charge on any atom is -0.497 e. The lowest BCUT2D eigenvalue weighted by atomic mass is 9.85. The minimum atomic E-state index is 0.0719. The number of thioether (sulfide) groups is 1. The van der Waals surface area contributed by atoms with Crippen LogP contribution in [0.5, 0.6) is 5.75 Å². The molecule has 0 bridgehead atoms. The van der Waals surface area contributed by atoms with E-state index in [4.69, 9.17) is 9.73 Å². The summed E-state index contributed by atoms with van der Waals surface area (Å²) in [5.41, 5.74) is 5.22. The van der Waals surface area contributed by atoms with E-state index in [1.54, 1.807) is 7.11 Å². The van der Waals surface area contributed by atoms with Gasteiger partial charge in [0.2, 0.25) is 0 Å². The number of carbonyl (C=O) groups excluding carboxylic acids is 1. The number of amidine groups is 1. The number of ether oxygens (including phenoxy) is 1. The molecule has 1 saturated carbocycles. The van der Waals surface area contributed by atoms with Crippen LogP contribution in [0.15, 0.2) is 70.6 Å². The summed E-state index contributed by atoms with van der Waals surface area (Å²) in [5, 5.41) is 0.792. The summed E-state index contributed by atoms with van der Waals surface area (Å²) in [6, 6.07) is 20.3. The molecule has 1 aliphatic carbocycles. The summed E-state index contributed by atoms with van der Waals surface area (Å²) in [6.45, 7) is 6.47. The molecule has 3 aromatic rings. The Kier molecular flexibility index (Phi) is 7.06. The van der Waals surface area contributed by atoms with Gasteiger partial charge in [-0.25, -0.2) is 4.99 Å². The molecule has 1 aliphatic heterocycles. The van der Waals surface area contributed by atoms with Crippen molar-refractivity contribution in [3.63, 3.8) is 0 Å². The maximum absolute atomic E-state index is 13.8. The second kappa shape index (κ2) is 10.4. The van der Waals surface area contributed by atoms with Crippen LogP contribution in [0.2, 0.25) is 0 Å². The topological polar surface area (TPSA) is 46.8 Å². The van der Waals surface area contributed by atoms with Crippen molar-refractivity contribution in [2.24, 2.45) is 10.9 Å². The Morgan fingerprint density at radius 2 is 1.75 bits per heavy atom. The molecule has 1 aromatic heterocycles. The third-order valence-corrected chi connectivity index (χ3v) is 8.29. The normalized spacial score (nSPS) is 22.6. The Bertz CT molecular complexity index is 1310. The molecule has 0 N–H and O–H groups in total. The van der Waals surface area contributed by atoms with E-state index >= 15 is 0 Å². The van der Waals surface area contributed by atoms with Gasteiger partial charge in [0.1, 0.15) is 5.75 Å². The van der Waals surface area contributed by atoms with Gasteiger partial charge < -0.3 is 9.30 Å². The van der Waals surface area contributed by atoms with E-state index in [9.17, 15) is 4.79 Å². The Morgan fingerprint density at radius 3 is 2.44 bits per heavy atom. The second-order valence-electron chi connectivity index (χ2n) is 9.70. The zero-order valence-corrected chi connectivity index (χ0v) is 22.2. The molecule has 1 amide bonds. The summed E-state index contributed by atoms with van der Waals surface area (Å²) in [6.07, 6.45) is 6.62. The van der Waals surface area contributed by atoms with Crippen LogP contribution in [0, 0.1) is 19.8 Å². The van der Waals surface area contributed by atoms with Crippen molar-refractivity contribution in [3.05, 3.63) is 82.5 Å². The number of hydrogen-bond donors (Lipinski definition) is 0. The molecular formula is C30H33N3O2S. The quantitative estimate of drug-likeness (QED) is 0.346. The monoisotopic (exact) mass is 499 g/mol. The molecule has 2 atom stereocenters. The van der Waals surface area contributed by atoms with Crippen LogP contribution in [0.4, 0.5) is 5.69 Å². The maximum Gasteiger partial charge on any atom is 0.267 e. The molecule has 2 heterocycles. The summed E-state index contributed by atoms with van der Waals surface area (Å²) in [5.74, 6) is 1.37. The molecule has 0 spiro atoms. The highest BCUT2D eigenvalue weighted by molar-refractivity contribution is 8.18. The Balaban J connectivity index is 1.52. The Hall–Kier alpha value is -3.25. The number of nitrogens with zero attached hydrogens (tertiary/aromatic N) is 3. The van der Waals surface area contributed by atoms with Gasteiger partial charge in [-0.3, -0.25) is 9.69 Å². The van der Waals surface area contributed by atoms with Gasteiger partial charge in [0.25, 0.3) is 5.91 Å². The van der Waals surface area contributed by atoms with Gasteiger partial charge in [-0.15, -0.1) is 0 Å². The van der Waals surface area contributed by atoms with E-state index in [2.05, 4.69) is 43.5 Å². The van der Waals surface area contributed by atoms with Crippen LogP contribution >= 0.6 is 11.8 Å². The largest absolute Gasteiger partial charge is 0.497 e. The fraction of sp³-hybridized carbons (Fsp3) is 0.333. The van der Waals surface area contributed by atoms with Crippen molar-refractivity contribution in [1.82, 2.24) is 9.47 Å². The summed E-state index contributed by atoms with van der Waals surface area (Å²) < 4.78 is 7.53. The van der Waals surface area contributed by atoms with Crippen LogP contribution in [0.25, 0.3) is 11.8 Å². The first-order chi connectivity index (χ1) is 17.5. The molecule has 1 saturated heterocycles. The molecule has 6 heteroatoms. The first kappa shape index (κ1) is 24.4. The lowest BCUT2D eigenvalue weighted by molar-refractivity contribution is -0.124. The Morgan fingerprint density at radius 1 is 1.03 bits per heavy atom. The van der Waals surface area contributed by atoms with Gasteiger partial charge >= 0.3 is 0 Å². The number of aryl methyl sites for hydroxylation is 1. The fourth-order valence-corrected chi connectivity index (χ4v) is 6.39. The van der Waals surface area contributed by atoms with Crippen LogP contribution < -0.4 is 4.74 Å². The highest BCUT2D eigenvalue weighted by Gasteiger charge is 2.41. The van der Waals surface area contributed by atoms with E-state index < -0.39 is 0 Å². The number of hydrogen-bond acceptors (Lipinski definition) is 4. The minimum absolute atomic E-state index is 0.0719. The van der Waals surface area contributed by atoms with Crippen molar-refractivity contribution in [2.45, 2.75) is 52.5 Å². The highest BCUT2D eigenvalue weighted by Crippen LogP contribution is 2.40. The van der Waals surface area contributed by atoms with E-state index in [0.29, 0.717) is 5.92 Å². The van der Waals surface area contributed by atoms with E-state index in [1.165, 1.54) is 18.2 Å². The molecule has 2 fully saturated rings. The van der Waals surface area contributed by atoms with Crippen molar-refractivity contribution in [1.29, 1.82) is 0 Å². The van der Waals surface area contributed by atoms with Crippen molar-refractivity contribution >= 4 is 34.6 Å². The molecule has 5 rings (SSSR count). The SMILES string of the molecule is COc1ccc(-n2c(C)cc(/C=C3\SC(=Nc4ccccc4)N([C@H]4CCCC[C@@H]4C)C3=O)c2C)cc1. The first-order valence-electron chi connectivity index (χ1n) is 12.7. The number of carbonyl (C=O) groups is 1. The van der Waals surface area contributed by atoms with Crippen LogP contribution in [0.3, 0.4) is 0 Å². The Labute approximate surface area is 217 Å². The van der Waals surface area contributed by atoms with E-state index in [0.717, 1.165) is 63.4 Å². The highest BCUT2D eigenvalue weighted by atomic mass is 32.2. The molecule has 2 aromatic carbocycles. The van der Waals surface area contributed by atoms with Crippen LogP contribution in [-0.4, -0.2) is 33.7 Å². The van der Waals surface area contributed by atoms with Gasteiger partial charge in [-0.05, 0) is 98.5 Å². The maximum atomic E-state index is 13.8. The second-order valence-corrected chi connectivity index (χ2v) is 10.7. The number of amides is 1. The summed E-state index contributed by atoms with van der Waals surface area (Å²) in [7, 11) is 1.68. The molecule has 2 aliphatic rings. The number of rotatable bonds is 5. The lowest BCUT2D eigenvalue weighted by Gasteiger charge is -2.35. The van der Waals surface area contributed by atoms with Crippen molar-refractivity contribution in [2.75, 3.05) is 7.11 Å². The smallest absolute Gasteiger partial charge is 0.267 e. The molecule has 186 valence electrons. The number of aromatic nitrogens is 1. The number of para-hydroxylation sites is 1. The number of methoxy groups -OCH3 is 1. The third-order valence-electron chi connectivity index (χ3n) is 7.30. The summed E-state index contributed by atoms with van der Waals surface area (Å²) in [4.78, 5) is 21.5. The average Bonchev–Trinajstić information content (AvgIpc) is 3.34. The lowest BCUT2D eigenvalue weighted by Crippen LogP contribution is -2.44. The predicted octanol–water partition coefficient (Wildman–Crippen LogP) is 7.29. The average molecular weight is 500 g/mol. The molecule has 0 unspecified atom stereocenters. The third kappa shape index (κ3) is 4.74. The number of aliphatic imine (C=N–C) groups is 1. The molecule has 36 heavy (non-hydrogen) atoms. The van der Waals surface area contributed by atoms with Gasteiger partial charge in [0, 0.05) is 23.1 Å².